The van der Waals surface area contributed by atoms with Crippen LogP contribution in [0.1, 0.15) is 24.5 Å². The lowest BCUT2D eigenvalue weighted by molar-refractivity contribution is -0.133. The number of ketones is 1. The molecule has 0 radical (unpaired) electrons. The second-order valence-corrected chi connectivity index (χ2v) is 5.56. The van der Waals surface area contributed by atoms with Crippen molar-refractivity contribution in [3.8, 4) is 0 Å². The summed E-state index contributed by atoms with van der Waals surface area (Å²) in [5, 5.41) is 20.0. The summed E-state index contributed by atoms with van der Waals surface area (Å²) in [6.45, 7) is 0. The predicted octanol–water partition coefficient (Wildman–Crippen LogP) is 1.86. The maximum Gasteiger partial charge on any atom is 0.136 e. The van der Waals surface area contributed by atoms with Crippen LogP contribution in [0.15, 0.2) is 42.5 Å². The van der Waals surface area contributed by atoms with Crippen molar-refractivity contribution in [2.45, 2.75) is 25.0 Å². The van der Waals surface area contributed by atoms with Gasteiger partial charge in [-0.2, -0.15) is 0 Å². The number of hydrogen-bond donors (Lipinski definition) is 2. The van der Waals surface area contributed by atoms with Crippen LogP contribution < -0.4 is 0 Å². The monoisotopic (exact) mass is 258 g/mol. The molecule has 0 aliphatic heterocycles. The van der Waals surface area contributed by atoms with Gasteiger partial charge in [0.05, 0.1) is 12.2 Å². The van der Waals surface area contributed by atoms with Crippen LogP contribution in [-0.2, 0) is 4.79 Å². The third-order valence-electron chi connectivity index (χ3n) is 4.46. The number of carbonyl (C=O) groups excluding carboxylic acids is 1. The molecule has 100 valence electrons. The zero-order valence-corrected chi connectivity index (χ0v) is 10.6. The average molecular weight is 258 g/mol. The summed E-state index contributed by atoms with van der Waals surface area (Å²) in [5.41, 5.74) is 0.840. The fraction of sp³-hybridized carbons (Fsp3) is 0.438. The van der Waals surface area contributed by atoms with Gasteiger partial charge < -0.3 is 10.2 Å². The molecule has 3 unspecified atom stereocenters. The lowest BCUT2D eigenvalue weighted by Gasteiger charge is -2.31. The summed E-state index contributed by atoms with van der Waals surface area (Å²) in [6, 6.07) is 9.42. The molecule has 2 aliphatic rings. The van der Waals surface area contributed by atoms with Gasteiger partial charge in [0.1, 0.15) is 5.78 Å². The van der Waals surface area contributed by atoms with E-state index in [0.29, 0.717) is 12.8 Å². The van der Waals surface area contributed by atoms with Crippen LogP contribution in [0, 0.1) is 17.8 Å². The molecular formula is C16H18O3. The van der Waals surface area contributed by atoms with Crippen LogP contribution in [0.2, 0.25) is 0 Å². The van der Waals surface area contributed by atoms with E-state index in [9.17, 15) is 15.0 Å². The highest BCUT2D eigenvalue weighted by atomic mass is 16.3. The molecule has 0 heterocycles. The highest BCUT2D eigenvalue weighted by Gasteiger charge is 2.51. The number of Topliss-reactive ketones (excluding diaryl/α,β-unsaturated/α-hetero) is 1. The van der Waals surface area contributed by atoms with Crippen LogP contribution in [0.25, 0.3) is 0 Å². The Kier molecular flexibility index (Phi) is 3.25. The summed E-state index contributed by atoms with van der Waals surface area (Å²) in [6.07, 6.45) is 3.69. The highest BCUT2D eigenvalue weighted by Crippen LogP contribution is 2.48. The van der Waals surface area contributed by atoms with Gasteiger partial charge in [-0.05, 0) is 17.9 Å². The standard InChI is InChI=1S/C16H18O3/c17-14(10-4-2-1-3-5-10)7-6-11-12-8-16(19)13(12)9-15(11)18/h1-7,11-15,17-18H,8-9H2/t11?,12-,13-,14?,15?/m0/s1. The Bertz CT molecular complexity index is 494. The normalized spacial score (nSPS) is 35.2. The summed E-state index contributed by atoms with van der Waals surface area (Å²) < 4.78 is 0. The van der Waals surface area contributed by atoms with Crippen molar-refractivity contribution in [1.29, 1.82) is 0 Å². The van der Waals surface area contributed by atoms with Crippen molar-refractivity contribution in [3.63, 3.8) is 0 Å². The fourth-order valence-corrected chi connectivity index (χ4v) is 3.28. The van der Waals surface area contributed by atoms with Gasteiger partial charge in [0.15, 0.2) is 0 Å². The Labute approximate surface area is 112 Å². The van der Waals surface area contributed by atoms with Crippen LogP contribution in [0.3, 0.4) is 0 Å². The minimum absolute atomic E-state index is 0.0149. The van der Waals surface area contributed by atoms with Crippen LogP contribution in [0.4, 0.5) is 0 Å². The molecule has 0 spiro atoms. The van der Waals surface area contributed by atoms with Crippen molar-refractivity contribution in [3.05, 3.63) is 48.0 Å². The topological polar surface area (TPSA) is 57.5 Å². The molecule has 19 heavy (non-hydrogen) atoms. The Morgan fingerprint density at radius 2 is 2.00 bits per heavy atom. The molecule has 1 aromatic rings. The third-order valence-corrected chi connectivity index (χ3v) is 4.46. The molecule has 2 saturated carbocycles. The number of carbonyl (C=O) groups is 1. The molecule has 0 bridgehead atoms. The average Bonchev–Trinajstić information content (AvgIpc) is 2.69. The largest absolute Gasteiger partial charge is 0.392 e. The predicted molar refractivity (Wildman–Crippen MR) is 71.3 cm³/mol. The van der Waals surface area contributed by atoms with Crippen LogP contribution in [-0.4, -0.2) is 22.1 Å². The molecule has 0 aromatic heterocycles. The quantitative estimate of drug-likeness (QED) is 0.814. The summed E-state index contributed by atoms with van der Waals surface area (Å²) in [4.78, 5) is 11.4. The number of hydrogen-bond acceptors (Lipinski definition) is 3. The molecule has 5 atom stereocenters. The Morgan fingerprint density at radius 1 is 1.26 bits per heavy atom. The minimum atomic E-state index is -0.650. The molecule has 3 nitrogen and oxygen atoms in total. The van der Waals surface area contributed by atoms with Crippen molar-refractivity contribution in [2.75, 3.05) is 0 Å². The van der Waals surface area contributed by atoms with Gasteiger partial charge >= 0.3 is 0 Å². The smallest absolute Gasteiger partial charge is 0.136 e. The van der Waals surface area contributed by atoms with E-state index in [0.717, 1.165) is 5.56 Å². The third kappa shape index (κ3) is 2.24. The Balaban J connectivity index is 1.68. The van der Waals surface area contributed by atoms with E-state index >= 15 is 0 Å². The zero-order chi connectivity index (χ0) is 13.4. The molecule has 0 saturated heterocycles. The molecule has 1 aromatic carbocycles. The van der Waals surface area contributed by atoms with E-state index in [1.54, 1.807) is 6.08 Å². The highest BCUT2D eigenvalue weighted by molar-refractivity contribution is 5.88. The van der Waals surface area contributed by atoms with Crippen molar-refractivity contribution in [2.24, 2.45) is 17.8 Å². The number of aliphatic hydroxyl groups excluding tert-OH is 2. The Hall–Kier alpha value is -1.45. The van der Waals surface area contributed by atoms with E-state index < -0.39 is 12.2 Å². The van der Waals surface area contributed by atoms with Crippen molar-refractivity contribution < 1.29 is 15.0 Å². The lowest BCUT2D eigenvalue weighted by atomic mass is 9.71. The second-order valence-electron chi connectivity index (χ2n) is 5.56. The molecule has 3 rings (SSSR count). The summed E-state index contributed by atoms with van der Waals surface area (Å²) in [7, 11) is 0. The van der Waals surface area contributed by atoms with Gasteiger partial charge in [-0.1, -0.05) is 42.5 Å². The molecule has 0 amide bonds. The summed E-state index contributed by atoms with van der Waals surface area (Å²) in [5.74, 6) is 0.630. The first-order valence-corrected chi connectivity index (χ1v) is 6.79. The van der Waals surface area contributed by atoms with Crippen LogP contribution in [0.5, 0.6) is 0 Å². The number of benzene rings is 1. The van der Waals surface area contributed by atoms with Crippen molar-refractivity contribution in [1.82, 2.24) is 0 Å². The van der Waals surface area contributed by atoms with E-state index in [4.69, 9.17) is 0 Å². The van der Waals surface area contributed by atoms with E-state index in [2.05, 4.69) is 0 Å². The van der Waals surface area contributed by atoms with Gasteiger partial charge in [0.25, 0.3) is 0 Å². The van der Waals surface area contributed by atoms with Gasteiger partial charge in [0.2, 0.25) is 0 Å². The molecule has 2 N–H and O–H groups in total. The number of aliphatic hydroxyl groups is 2. The first-order valence-electron chi connectivity index (χ1n) is 6.79. The SMILES string of the molecule is O=C1C[C@H]2C(C=CC(O)c3ccccc3)C(O)C[C@H]12. The van der Waals surface area contributed by atoms with Gasteiger partial charge in [-0.25, -0.2) is 0 Å². The first-order chi connectivity index (χ1) is 9.16. The summed E-state index contributed by atoms with van der Waals surface area (Å²) >= 11 is 0. The number of fused-ring (bicyclic) bond motifs is 1. The van der Waals surface area contributed by atoms with Crippen LogP contribution >= 0.6 is 0 Å². The van der Waals surface area contributed by atoms with E-state index in [1.165, 1.54) is 0 Å². The molecule has 3 heteroatoms. The fourth-order valence-electron chi connectivity index (χ4n) is 3.28. The zero-order valence-electron chi connectivity index (χ0n) is 10.6. The lowest BCUT2D eigenvalue weighted by Crippen LogP contribution is -2.35. The maximum absolute atomic E-state index is 11.4. The minimum Gasteiger partial charge on any atom is -0.392 e. The Morgan fingerprint density at radius 3 is 2.63 bits per heavy atom. The van der Waals surface area contributed by atoms with E-state index in [1.807, 2.05) is 36.4 Å². The number of rotatable bonds is 3. The molecule has 2 fully saturated rings. The van der Waals surface area contributed by atoms with Crippen molar-refractivity contribution >= 4 is 5.78 Å². The van der Waals surface area contributed by atoms with E-state index in [-0.39, 0.29) is 23.5 Å². The van der Waals surface area contributed by atoms with Gasteiger partial charge in [-0.15, -0.1) is 0 Å². The molecule has 2 aliphatic carbocycles. The molecular weight excluding hydrogens is 240 g/mol. The van der Waals surface area contributed by atoms with Gasteiger partial charge in [0, 0.05) is 18.3 Å². The second kappa shape index (κ2) is 4.91. The first kappa shape index (κ1) is 12.6. The van der Waals surface area contributed by atoms with Gasteiger partial charge in [-0.3, -0.25) is 4.79 Å². The maximum atomic E-state index is 11.4.